The van der Waals surface area contributed by atoms with Gasteiger partial charge in [0.15, 0.2) is 0 Å². The van der Waals surface area contributed by atoms with Crippen LogP contribution in [-0.4, -0.2) is 84.4 Å². The number of aromatic hydroxyl groups is 1. The number of methoxy groups -OCH3 is 1. The minimum absolute atomic E-state index is 0.0310. The van der Waals surface area contributed by atoms with Gasteiger partial charge in [0.2, 0.25) is 0 Å². The largest absolute Gasteiger partial charge is 0.508 e. The molecule has 204 valence electrons. The first-order valence-electron chi connectivity index (χ1n) is 12.8. The fourth-order valence-electron chi connectivity index (χ4n) is 5.09. The second kappa shape index (κ2) is 11.6. The minimum atomic E-state index is -0.363. The lowest BCUT2D eigenvalue weighted by atomic mass is 9.89. The number of anilines is 1. The second-order valence-electron chi connectivity index (χ2n) is 9.83. The van der Waals surface area contributed by atoms with Gasteiger partial charge in [-0.1, -0.05) is 30.7 Å². The van der Waals surface area contributed by atoms with E-state index in [0.29, 0.717) is 44.1 Å². The van der Waals surface area contributed by atoms with Crippen LogP contribution in [0.15, 0.2) is 33.9 Å². The summed E-state index contributed by atoms with van der Waals surface area (Å²) in [4.78, 5) is 32.3. The van der Waals surface area contributed by atoms with E-state index in [9.17, 15) is 9.90 Å². The number of nitrogens with zero attached hydrogens (tertiary/aromatic N) is 6. The summed E-state index contributed by atoms with van der Waals surface area (Å²) in [6.07, 6.45) is 2.21. The van der Waals surface area contributed by atoms with E-state index in [-0.39, 0.29) is 28.7 Å². The number of ether oxygens (including phenoxy) is 1. The van der Waals surface area contributed by atoms with Crippen molar-refractivity contribution in [3.63, 3.8) is 0 Å². The first kappa shape index (κ1) is 27.7. The number of phenolic OH excluding ortho intramolecular Hbond substituents is 1. The molecule has 1 atom stereocenters. The lowest BCUT2D eigenvalue weighted by Gasteiger charge is -2.37. The van der Waals surface area contributed by atoms with Gasteiger partial charge in [0.05, 0.1) is 30.1 Å². The SMILES string of the molecule is CCc1cccc(O)c1C1Cc2nc(OC)nc(N3CCCN=C(/C(Cl)=C(\N)C(=O)N(C)C)C3)c2CN1C. The van der Waals surface area contributed by atoms with Crippen LogP contribution >= 0.6 is 11.6 Å². The Hall–Kier alpha value is -3.37. The molecule has 4 rings (SSSR count). The van der Waals surface area contributed by atoms with E-state index in [0.717, 1.165) is 41.0 Å². The number of phenols is 1. The highest BCUT2D eigenvalue weighted by atomic mass is 35.5. The van der Waals surface area contributed by atoms with Gasteiger partial charge in [-0.2, -0.15) is 9.97 Å². The van der Waals surface area contributed by atoms with E-state index >= 15 is 0 Å². The number of aromatic nitrogens is 2. The zero-order valence-electron chi connectivity index (χ0n) is 22.7. The van der Waals surface area contributed by atoms with Gasteiger partial charge in [0.1, 0.15) is 17.3 Å². The van der Waals surface area contributed by atoms with Crippen molar-refractivity contribution in [2.45, 2.75) is 38.8 Å². The van der Waals surface area contributed by atoms with Gasteiger partial charge in [-0.05, 0) is 31.5 Å². The van der Waals surface area contributed by atoms with Crippen molar-refractivity contribution < 1.29 is 14.6 Å². The molecule has 0 spiro atoms. The Morgan fingerprint density at radius 2 is 2.05 bits per heavy atom. The predicted octanol–water partition coefficient (Wildman–Crippen LogP) is 2.63. The monoisotopic (exact) mass is 541 g/mol. The number of benzene rings is 1. The summed E-state index contributed by atoms with van der Waals surface area (Å²) in [6.45, 7) is 4.28. The molecule has 3 N–H and O–H groups in total. The molecular formula is C27H36ClN7O3. The van der Waals surface area contributed by atoms with Crippen LogP contribution in [0.25, 0.3) is 0 Å². The highest BCUT2D eigenvalue weighted by Crippen LogP contribution is 2.40. The molecule has 38 heavy (non-hydrogen) atoms. The van der Waals surface area contributed by atoms with Crippen LogP contribution in [0.3, 0.4) is 0 Å². The third kappa shape index (κ3) is 5.42. The average molecular weight is 542 g/mol. The number of nitrogens with two attached hydrogens (primary N) is 1. The number of rotatable bonds is 6. The van der Waals surface area contributed by atoms with Gasteiger partial charge in [-0.3, -0.25) is 14.7 Å². The van der Waals surface area contributed by atoms with Crippen molar-refractivity contribution in [1.29, 1.82) is 0 Å². The van der Waals surface area contributed by atoms with Gasteiger partial charge in [-0.25, -0.2) is 0 Å². The van der Waals surface area contributed by atoms with Gasteiger partial charge in [-0.15, -0.1) is 0 Å². The van der Waals surface area contributed by atoms with E-state index in [4.69, 9.17) is 32.0 Å². The quantitative estimate of drug-likeness (QED) is 0.535. The van der Waals surface area contributed by atoms with Crippen LogP contribution in [0.4, 0.5) is 5.82 Å². The molecule has 1 unspecified atom stereocenters. The molecule has 0 bridgehead atoms. The molecule has 1 aromatic heterocycles. The summed E-state index contributed by atoms with van der Waals surface area (Å²) in [5.74, 6) is 0.685. The van der Waals surface area contributed by atoms with Crippen LogP contribution in [0.5, 0.6) is 11.8 Å². The number of halogens is 1. The van der Waals surface area contributed by atoms with E-state index in [1.54, 1.807) is 27.3 Å². The summed E-state index contributed by atoms with van der Waals surface area (Å²) < 4.78 is 5.50. The molecule has 0 fully saturated rings. The number of carbonyl (C=O) groups excluding carboxylic acids is 1. The molecule has 3 heterocycles. The zero-order valence-corrected chi connectivity index (χ0v) is 23.4. The number of likely N-dealkylation sites (N-methyl/N-ethyl adjacent to an activating group) is 2. The fraction of sp³-hybridized carbons (Fsp3) is 0.481. The van der Waals surface area contributed by atoms with Crippen molar-refractivity contribution >= 4 is 29.0 Å². The first-order valence-corrected chi connectivity index (χ1v) is 13.1. The lowest BCUT2D eigenvalue weighted by molar-refractivity contribution is -0.124. The van der Waals surface area contributed by atoms with Crippen molar-refractivity contribution in [2.75, 3.05) is 52.8 Å². The second-order valence-corrected chi connectivity index (χ2v) is 10.2. The smallest absolute Gasteiger partial charge is 0.318 e. The Bertz CT molecular complexity index is 1280. The van der Waals surface area contributed by atoms with E-state index in [1.807, 2.05) is 6.07 Å². The molecule has 0 saturated heterocycles. The summed E-state index contributed by atoms with van der Waals surface area (Å²) in [5.41, 5.74) is 10.5. The number of hydrogen-bond donors (Lipinski definition) is 2. The number of aryl methyl sites for hydroxylation is 1. The molecule has 11 heteroatoms. The topological polar surface area (TPSA) is 120 Å². The van der Waals surface area contributed by atoms with Crippen molar-refractivity contribution in [3.05, 3.63) is 51.3 Å². The van der Waals surface area contributed by atoms with E-state index in [1.165, 1.54) is 4.90 Å². The minimum Gasteiger partial charge on any atom is -0.508 e. The van der Waals surface area contributed by atoms with E-state index in [2.05, 4.69) is 34.8 Å². The molecule has 0 saturated carbocycles. The average Bonchev–Trinajstić information content (AvgIpc) is 3.17. The summed E-state index contributed by atoms with van der Waals surface area (Å²) in [6, 6.07) is 5.93. The molecule has 2 aromatic rings. The van der Waals surface area contributed by atoms with Crippen LogP contribution in [0.2, 0.25) is 0 Å². The Kier molecular flexibility index (Phi) is 8.42. The Labute approximate surface area is 228 Å². The lowest BCUT2D eigenvalue weighted by Crippen LogP contribution is -2.37. The van der Waals surface area contributed by atoms with Crippen LogP contribution < -0.4 is 15.4 Å². The molecule has 2 aliphatic heterocycles. The highest BCUT2D eigenvalue weighted by Gasteiger charge is 2.33. The number of aliphatic imine (C=N–C) groups is 1. The molecule has 2 aliphatic rings. The number of amides is 1. The van der Waals surface area contributed by atoms with Gasteiger partial charge in [0.25, 0.3) is 5.91 Å². The number of carbonyl (C=O) groups is 1. The third-order valence-electron chi connectivity index (χ3n) is 7.10. The Balaban J connectivity index is 1.73. The van der Waals surface area contributed by atoms with Crippen LogP contribution in [0.1, 0.15) is 41.8 Å². The maximum Gasteiger partial charge on any atom is 0.318 e. The van der Waals surface area contributed by atoms with Crippen molar-refractivity contribution in [2.24, 2.45) is 10.7 Å². The maximum absolute atomic E-state index is 12.4. The number of hydrogen-bond acceptors (Lipinski definition) is 9. The summed E-state index contributed by atoms with van der Waals surface area (Å²) in [5, 5.41) is 10.9. The standard InChI is InChI=1S/C27H36ClN7O3/c1-6-16-9-7-10-21(36)22(16)20-13-18-17(14-34(20)4)25(32-27(31-18)38-5)35-12-8-11-30-19(15-35)23(28)24(29)26(37)33(2)3/h7,9-10,20,36H,6,8,11-15,29H2,1-5H3/b24-23+. The molecule has 1 aromatic carbocycles. The van der Waals surface area contributed by atoms with Crippen LogP contribution in [-0.2, 0) is 24.2 Å². The van der Waals surface area contributed by atoms with Gasteiger partial charge >= 0.3 is 6.01 Å². The summed E-state index contributed by atoms with van der Waals surface area (Å²) >= 11 is 6.59. The molecule has 0 radical (unpaired) electrons. The Morgan fingerprint density at radius 1 is 1.29 bits per heavy atom. The fourth-order valence-corrected chi connectivity index (χ4v) is 5.29. The van der Waals surface area contributed by atoms with Gasteiger partial charge in [0, 0.05) is 57.3 Å². The molecule has 10 nitrogen and oxygen atoms in total. The zero-order chi connectivity index (χ0) is 27.6. The predicted molar refractivity (Wildman–Crippen MR) is 149 cm³/mol. The summed E-state index contributed by atoms with van der Waals surface area (Å²) in [7, 11) is 6.86. The molecule has 1 amide bonds. The van der Waals surface area contributed by atoms with Crippen LogP contribution in [0, 0.1) is 0 Å². The van der Waals surface area contributed by atoms with Gasteiger partial charge < -0.3 is 25.4 Å². The first-order chi connectivity index (χ1) is 18.2. The highest BCUT2D eigenvalue weighted by molar-refractivity contribution is 6.45. The third-order valence-corrected chi connectivity index (χ3v) is 7.52. The van der Waals surface area contributed by atoms with E-state index < -0.39 is 0 Å². The van der Waals surface area contributed by atoms with Crippen molar-refractivity contribution in [1.82, 2.24) is 19.8 Å². The molecular weight excluding hydrogens is 506 g/mol. The number of fused-ring (bicyclic) bond motifs is 1. The maximum atomic E-state index is 12.4. The Morgan fingerprint density at radius 3 is 2.74 bits per heavy atom. The molecule has 0 aliphatic carbocycles. The van der Waals surface area contributed by atoms with Crippen molar-refractivity contribution in [3.8, 4) is 11.8 Å². The normalized spacial score (nSPS) is 18.7.